The number of halogens is 1. The van der Waals surface area contributed by atoms with Gasteiger partial charge in [-0.2, -0.15) is 5.10 Å². The van der Waals surface area contributed by atoms with Crippen LogP contribution in [0.1, 0.15) is 37.9 Å². The zero-order valence-corrected chi connectivity index (χ0v) is 11.1. The Hall–Kier alpha value is -0.580. The third-order valence-corrected chi connectivity index (χ3v) is 3.60. The molecule has 0 saturated heterocycles. The SMILES string of the molecule is O=c1n(CCCCCBr)nc2n1CCCC2. The average Bonchev–Trinajstić information content (AvgIpc) is 2.63. The van der Waals surface area contributed by atoms with Gasteiger partial charge in [-0.25, -0.2) is 9.48 Å². The van der Waals surface area contributed by atoms with Gasteiger partial charge in [-0.15, -0.1) is 0 Å². The highest BCUT2D eigenvalue weighted by atomic mass is 79.9. The molecule has 0 radical (unpaired) electrons. The number of rotatable bonds is 5. The van der Waals surface area contributed by atoms with E-state index in [4.69, 9.17) is 0 Å². The minimum absolute atomic E-state index is 0.0912. The average molecular weight is 288 g/mol. The smallest absolute Gasteiger partial charge is 0.279 e. The van der Waals surface area contributed by atoms with Crippen LogP contribution in [0.3, 0.4) is 0 Å². The molecule has 2 rings (SSSR count). The molecule has 1 aliphatic heterocycles. The number of aromatic nitrogens is 3. The van der Waals surface area contributed by atoms with Gasteiger partial charge in [-0.05, 0) is 25.7 Å². The number of hydrogen-bond acceptors (Lipinski definition) is 2. The van der Waals surface area contributed by atoms with Gasteiger partial charge >= 0.3 is 5.69 Å². The highest BCUT2D eigenvalue weighted by molar-refractivity contribution is 9.09. The van der Waals surface area contributed by atoms with Crippen molar-refractivity contribution in [3.05, 3.63) is 16.3 Å². The van der Waals surface area contributed by atoms with Gasteiger partial charge in [0, 0.05) is 24.8 Å². The molecule has 0 amide bonds. The Kier molecular flexibility index (Phi) is 4.21. The zero-order valence-electron chi connectivity index (χ0n) is 9.49. The Bertz CT molecular complexity index is 396. The zero-order chi connectivity index (χ0) is 11.4. The van der Waals surface area contributed by atoms with Crippen LogP contribution in [-0.4, -0.2) is 19.7 Å². The minimum atomic E-state index is 0.0912. The van der Waals surface area contributed by atoms with Crippen LogP contribution < -0.4 is 5.69 Å². The first-order valence-corrected chi connectivity index (χ1v) is 7.17. The van der Waals surface area contributed by atoms with Crippen LogP contribution in [0.25, 0.3) is 0 Å². The molecule has 0 aromatic carbocycles. The fourth-order valence-electron chi connectivity index (χ4n) is 2.13. The lowest BCUT2D eigenvalue weighted by molar-refractivity contribution is 0.507. The molecule has 0 bridgehead atoms. The molecule has 2 heterocycles. The Morgan fingerprint density at radius 1 is 1.25 bits per heavy atom. The van der Waals surface area contributed by atoms with Crippen LogP contribution >= 0.6 is 15.9 Å². The summed E-state index contributed by atoms with van der Waals surface area (Å²) in [6.45, 7) is 1.63. The molecule has 0 atom stereocenters. The lowest BCUT2D eigenvalue weighted by Gasteiger charge is -2.09. The second kappa shape index (κ2) is 5.66. The first-order valence-electron chi connectivity index (χ1n) is 6.05. The number of nitrogens with zero attached hydrogens (tertiary/aromatic N) is 3. The Labute approximate surface area is 104 Å². The molecule has 4 nitrogen and oxygen atoms in total. The van der Waals surface area contributed by atoms with E-state index in [2.05, 4.69) is 21.0 Å². The van der Waals surface area contributed by atoms with Gasteiger partial charge in [0.05, 0.1) is 0 Å². The molecular weight excluding hydrogens is 270 g/mol. The van der Waals surface area contributed by atoms with E-state index in [9.17, 15) is 4.79 Å². The van der Waals surface area contributed by atoms with E-state index in [1.54, 1.807) is 4.68 Å². The molecule has 0 aliphatic carbocycles. The molecular formula is C11H18BrN3O. The summed E-state index contributed by atoms with van der Waals surface area (Å²) < 4.78 is 3.49. The van der Waals surface area contributed by atoms with Crippen molar-refractivity contribution in [2.45, 2.75) is 51.6 Å². The summed E-state index contributed by atoms with van der Waals surface area (Å²) in [5, 5.41) is 5.45. The molecule has 16 heavy (non-hydrogen) atoms. The predicted octanol–water partition coefficient (Wildman–Crippen LogP) is 1.95. The number of unbranched alkanes of at least 4 members (excludes halogenated alkanes) is 2. The quantitative estimate of drug-likeness (QED) is 0.613. The second-order valence-corrected chi connectivity index (χ2v) is 5.07. The van der Waals surface area contributed by atoms with E-state index in [1.807, 2.05) is 4.57 Å². The van der Waals surface area contributed by atoms with Gasteiger partial charge in [0.1, 0.15) is 5.82 Å². The van der Waals surface area contributed by atoms with Gasteiger partial charge in [0.25, 0.3) is 0 Å². The maximum absolute atomic E-state index is 11.9. The largest absolute Gasteiger partial charge is 0.345 e. The van der Waals surface area contributed by atoms with Crippen molar-refractivity contribution >= 4 is 15.9 Å². The summed E-state index contributed by atoms with van der Waals surface area (Å²) in [6.07, 6.45) is 6.61. The van der Waals surface area contributed by atoms with Crippen molar-refractivity contribution in [2.75, 3.05) is 5.33 Å². The Balaban J connectivity index is 1.99. The van der Waals surface area contributed by atoms with E-state index < -0.39 is 0 Å². The van der Waals surface area contributed by atoms with Gasteiger partial charge in [0.15, 0.2) is 0 Å². The van der Waals surface area contributed by atoms with E-state index in [1.165, 1.54) is 12.8 Å². The molecule has 5 heteroatoms. The molecule has 0 saturated carbocycles. The summed E-state index contributed by atoms with van der Waals surface area (Å²) in [6, 6.07) is 0. The van der Waals surface area contributed by atoms with Crippen molar-refractivity contribution in [2.24, 2.45) is 0 Å². The van der Waals surface area contributed by atoms with Crippen LogP contribution in [0.5, 0.6) is 0 Å². The van der Waals surface area contributed by atoms with Gasteiger partial charge in [0.2, 0.25) is 0 Å². The highest BCUT2D eigenvalue weighted by Gasteiger charge is 2.15. The third-order valence-electron chi connectivity index (χ3n) is 3.04. The van der Waals surface area contributed by atoms with E-state index in [0.29, 0.717) is 0 Å². The molecule has 0 fully saturated rings. The predicted molar refractivity (Wildman–Crippen MR) is 67.1 cm³/mol. The summed E-state index contributed by atoms with van der Waals surface area (Å²) in [5.41, 5.74) is 0.0912. The highest BCUT2D eigenvalue weighted by Crippen LogP contribution is 2.09. The van der Waals surface area contributed by atoms with E-state index in [0.717, 1.165) is 49.9 Å². The van der Waals surface area contributed by atoms with Crippen molar-refractivity contribution in [1.29, 1.82) is 0 Å². The second-order valence-electron chi connectivity index (χ2n) is 4.28. The summed E-state index contributed by atoms with van der Waals surface area (Å²) in [4.78, 5) is 11.9. The molecule has 0 spiro atoms. The van der Waals surface area contributed by atoms with Crippen molar-refractivity contribution in [3.8, 4) is 0 Å². The van der Waals surface area contributed by atoms with Crippen LogP contribution in [0.15, 0.2) is 4.79 Å². The van der Waals surface area contributed by atoms with Crippen molar-refractivity contribution in [1.82, 2.24) is 14.3 Å². The van der Waals surface area contributed by atoms with Gasteiger partial charge < -0.3 is 0 Å². The maximum atomic E-state index is 11.9. The lowest BCUT2D eigenvalue weighted by atomic mass is 10.2. The monoisotopic (exact) mass is 287 g/mol. The number of aryl methyl sites for hydroxylation is 2. The molecule has 0 N–H and O–H groups in total. The summed E-state index contributed by atoms with van der Waals surface area (Å²) in [7, 11) is 0. The first-order chi connectivity index (χ1) is 7.83. The third kappa shape index (κ3) is 2.56. The fraction of sp³-hybridized carbons (Fsp3) is 0.818. The van der Waals surface area contributed by atoms with Crippen molar-refractivity contribution in [3.63, 3.8) is 0 Å². The number of fused-ring (bicyclic) bond motifs is 1. The fourth-order valence-corrected chi connectivity index (χ4v) is 2.52. The lowest BCUT2D eigenvalue weighted by Crippen LogP contribution is -2.27. The topological polar surface area (TPSA) is 39.8 Å². The number of hydrogen-bond donors (Lipinski definition) is 0. The van der Waals surface area contributed by atoms with Gasteiger partial charge in [-0.3, -0.25) is 4.57 Å². The first kappa shape index (κ1) is 11.9. The summed E-state index contributed by atoms with van der Waals surface area (Å²) >= 11 is 3.41. The molecule has 1 aromatic rings. The molecule has 0 unspecified atom stereocenters. The van der Waals surface area contributed by atoms with Crippen LogP contribution in [-0.2, 0) is 19.5 Å². The Morgan fingerprint density at radius 3 is 2.88 bits per heavy atom. The minimum Gasteiger partial charge on any atom is -0.279 e. The maximum Gasteiger partial charge on any atom is 0.345 e. The van der Waals surface area contributed by atoms with Gasteiger partial charge in [-0.1, -0.05) is 22.4 Å². The normalized spacial score (nSPS) is 15.1. The Morgan fingerprint density at radius 2 is 2.12 bits per heavy atom. The summed E-state index contributed by atoms with van der Waals surface area (Å²) in [5.74, 6) is 0.983. The van der Waals surface area contributed by atoms with Crippen LogP contribution in [0.4, 0.5) is 0 Å². The van der Waals surface area contributed by atoms with E-state index in [-0.39, 0.29) is 5.69 Å². The van der Waals surface area contributed by atoms with Crippen LogP contribution in [0, 0.1) is 0 Å². The van der Waals surface area contributed by atoms with Crippen molar-refractivity contribution < 1.29 is 0 Å². The standard InChI is InChI=1S/C11H18BrN3O/c12-7-3-1-4-9-15-11(16)14-8-5-2-6-10(14)13-15/h1-9H2. The van der Waals surface area contributed by atoms with Crippen LogP contribution in [0.2, 0.25) is 0 Å². The molecule has 90 valence electrons. The number of alkyl halides is 1. The molecule has 1 aliphatic rings. The van der Waals surface area contributed by atoms with E-state index >= 15 is 0 Å². The molecule has 1 aromatic heterocycles.